The maximum atomic E-state index is 11.8. The number of hydrogen-bond donors (Lipinski definition) is 3. The van der Waals surface area contributed by atoms with E-state index in [4.69, 9.17) is 5.11 Å². The highest BCUT2D eigenvalue weighted by Gasteiger charge is 2.21. The summed E-state index contributed by atoms with van der Waals surface area (Å²) >= 11 is 0. The standard InChI is InChI=1S/C15H28N2O4/c1-15(21,8-5-11-18)12-16-13(19)7-10-17-9-4-2-3-6-14(17)20/h18,21H,2-12H2,1H3,(H,16,19)/t15-/m0/s1. The molecule has 1 rings (SSSR count). The molecule has 0 aliphatic carbocycles. The highest BCUT2D eigenvalue weighted by atomic mass is 16.3. The number of amides is 2. The average molecular weight is 300 g/mol. The molecule has 0 aromatic carbocycles. The van der Waals surface area contributed by atoms with Gasteiger partial charge in [0.2, 0.25) is 11.8 Å². The minimum atomic E-state index is -1.00. The molecule has 0 aromatic heterocycles. The molecule has 122 valence electrons. The number of aliphatic hydroxyl groups is 2. The van der Waals surface area contributed by atoms with Crippen molar-refractivity contribution in [3.8, 4) is 0 Å². The van der Waals surface area contributed by atoms with Gasteiger partial charge in [-0.3, -0.25) is 9.59 Å². The Kier molecular flexibility index (Phi) is 7.67. The Morgan fingerprint density at radius 2 is 2.14 bits per heavy atom. The summed E-state index contributed by atoms with van der Waals surface area (Å²) in [5.41, 5.74) is -1.00. The third-order valence-electron chi connectivity index (χ3n) is 3.82. The Morgan fingerprint density at radius 3 is 2.86 bits per heavy atom. The first-order chi connectivity index (χ1) is 9.94. The Balaban J connectivity index is 2.25. The molecule has 0 saturated carbocycles. The van der Waals surface area contributed by atoms with Crippen LogP contribution in [0, 0.1) is 0 Å². The van der Waals surface area contributed by atoms with E-state index in [-0.39, 0.29) is 31.4 Å². The molecule has 1 aliphatic rings. The molecule has 1 heterocycles. The summed E-state index contributed by atoms with van der Waals surface area (Å²) in [4.78, 5) is 25.3. The van der Waals surface area contributed by atoms with Crippen molar-refractivity contribution < 1.29 is 19.8 Å². The van der Waals surface area contributed by atoms with Crippen molar-refractivity contribution in [3.63, 3.8) is 0 Å². The minimum Gasteiger partial charge on any atom is -0.396 e. The van der Waals surface area contributed by atoms with E-state index in [0.29, 0.717) is 25.8 Å². The van der Waals surface area contributed by atoms with Crippen molar-refractivity contribution in [2.45, 2.75) is 57.5 Å². The van der Waals surface area contributed by atoms with Gasteiger partial charge in [0.05, 0.1) is 5.60 Å². The van der Waals surface area contributed by atoms with Crippen LogP contribution in [0.1, 0.15) is 51.9 Å². The van der Waals surface area contributed by atoms with E-state index in [9.17, 15) is 14.7 Å². The quantitative estimate of drug-likeness (QED) is 0.606. The monoisotopic (exact) mass is 300 g/mol. The molecular weight excluding hydrogens is 272 g/mol. The van der Waals surface area contributed by atoms with Crippen LogP contribution in [0.2, 0.25) is 0 Å². The van der Waals surface area contributed by atoms with Gasteiger partial charge in [0, 0.05) is 39.1 Å². The van der Waals surface area contributed by atoms with Gasteiger partial charge in [-0.05, 0) is 32.6 Å². The van der Waals surface area contributed by atoms with Crippen LogP contribution < -0.4 is 5.32 Å². The molecule has 21 heavy (non-hydrogen) atoms. The van der Waals surface area contributed by atoms with Gasteiger partial charge in [-0.2, -0.15) is 0 Å². The number of nitrogens with zero attached hydrogens (tertiary/aromatic N) is 1. The van der Waals surface area contributed by atoms with Crippen molar-refractivity contribution in [3.05, 3.63) is 0 Å². The van der Waals surface area contributed by atoms with Crippen LogP contribution in [0.3, 0.4) is 0 Å². The lowest BCUT2D eigenvalue weighted by molar-refractivity contribution is -0.131. The van der Waals surface area contributed by atoms with Gasteiger partial charge >= 0.3 is 0 Å². The summed E-state index contributed by atoms with van der Waals surface area (Å²) in [6.07, 6.45) is 4.81. The molecule has 1 fully saturated rings. The summed E-state index contributed by atoms with van der Waals surface area (Å²) in [7, 11) is 0. The molecule has 0 aromatic rings. The summed E-state index contributed by atoms with van der Waals surface area (Å²) in [5, 5.41) is 21.4. The SMILES string of the molecule is C[C@](O)(CCCO)CNC(=O)CCN1CCCCCC1=O. The molecular formula is C15H28N2O4. The first-order valence-electron chi connectivity index (χ1n) is 7.82. The maximum Gasteiger partial charge on any atom is 0.222 e. The molecule has 0 radical (unpaired) electrons. The number of hydrogen-bond acceptors (Lipinski definition) is 4. The molecule has 6 nitrogen and oxygen atoms in total. The van der Waals surface area contributed by atoms with E-state index < -0.39 is 5.60 Å². The van der Waals surface area contributed by atoms with Crippen LogP contribution in [0.5, 0.6) is 0 Å². The lowest BCUT2D eigenvalue weighted by atomic mass is 10.0. The van der Waals surface area contributed by atoms with E-state index >= 15 is 0 Å². The van der Waals surface area contributed by atoms with E-state index in [0.717, 1.165) is 25.8 Å². The number of carbonyl (C=O) groups is 2. The highest BCUT2D eigenvalue weighted by Crippen LogP contribution is 2.12. The van der Waals surface area contributed by atoms with Crippen LogP contribution in [0.25, 0.3) is 0 Å². The second-order valence-corrected chi connectivity index (χ2v) is 6.04. The number of aliphatic hydroxyl groups excluding tert-OH is 1. The van der Waals surface area contributed by atoms with E-state index in [1.807, 2.05) is 0 Å². The first kappa shape index (κ1) is 17.9. The van der Waals surface area contributed by atoms with Gasteiger partial charge in [0.15, 0.2) is 0 Å². The predicted molar refractivity (Wildman–Crippen MR) is 79.6 cm³/mol. The molecule has 6 heteroatoms. The lowest BCUT2D eigenvalue weighted by Crippen LogP contribution is -2.42. The highest BCUT2D eigenvalue weighted by molar-refractivity contribution is 5.79. The summed E-state index contributed by atoms with van der Waals surface area (Å²) in [5.74, 6) is -0.0217. The third kappa shape index (κ3) is 7.43. The van der Waals surface area contributed by atoms with Crippen molar-refractivity contribution in [1.82, 2.24) is 10.2 Å². The summed E-state index contributed by atoms with van der Waals surface area (Å²) in [6.45, 7) is 3.02. The second-order valence-electron chi connectivity index (χ2n) is 6.04. The van der Waals surface area contributed by atoms with E-state index in [2.05, 4.69) is 5.32 Å². The molecule has 1 aliphatic heterocycles. The fourth-order valence-corrected chi connectivity index (χ4v) is 2.44. The van der Waals surface area contributed by atoms with Gasteiger partial charge in [0.25, 0.3) is 0 Å². The van der Waals surface area contributed by atoms with Crippen LogP contribution in [-0.4, -0.2) is 58.8 Å². The number of likely N-dealkylation sites (tertiary alicyclic amines) is 1. The van der Waals surface area contributed by atoms with Gasteiger partial charge in [-0.15, -0.1) is 0 Å². The molecule has 0 spiro atoms. The van der Waals surface area contributed by atoms with Gasteiger partial charge in [0.1, 0.15) is 0 Å². The Morgan fingerprint density at radius 1 is 1.38 bits per heavy atom. The zero-order valence-corrected chi connectivity index (χ0v) is 12.9. The van der Waals surface area contributed by atoms with Crippen LogP contribution >= 0.6 is 0 Å². The number of carbonyl (C=O) groups excluding carboxylic acids is 2. The Labute approximate surface area is 126 Å². The number of rotatable bonds is 8. The van der Waals surface area contributed by atoms with Crippen LogP contribution in [0.4, 0.5) is 0 Å². The van der Waals surface area contributed by atoms with Crippen molar-refractivity contribution >= 4 is 11.8 Å². The van der Waals surface area contributed by atoms with Gasteiger partial charge in [-0.1, -0.05) is 6.42 Å². The molecule has 2 amide bonds. The second kappa shape index (κ2) is 9.00. The number of nitrogens with one attached hydrogen (secondary N) is 1. The largest absolute Gasteiger partial charge is 0.396 e. The third-order valence-corrected chi connectivity index (χ3v) is 3.82. The predicted octanol–water partition coefficient (Wildman–Crippen LogP) is 0.419. The van der Waals surface area contributed by atoms with Crippen molar-refractivity contribution in [2.24, 2.45) is 0 Å². The minimum absolute atomic E-state index is 0.0289. The molecule has 0 unspecified atom stereocenters. The Bertz CT molecular complexity index is 345. The Hall–Kier alpha value is -1.14. The average Bonchev–Trinajstić information content (AvgIpc) is 2.65. The topological polar surface area (TPSA) is 89.9 Å². The van der Waals surface area contributed by atoms with Crippen molar-refractivity contribution in [1.29, 1.82) is 0 Å². The van der Waals surface area contributed by atoms with Crippen LogP contribution in [0.15, 0.2) is 0 Å². The van der Waals surface area contributed by atoms with E-state index in [1.165, 1.54) is 0 Å². The zero-order chi connectivity index (χ0) is 15.7. The van der Waals surface area contributed by atoms with Crippen molar-refractivity contribution in [2.75, 3.05) is 26.2 Å². The zero-order valence-electron chi connectivity index (χ0n) is 12.9. The summed E-state index contributed by atoms with van der Waals surface area (Å²) in [6, 6.07) is 0. The van der Waals surface area contributed by atoms with E-state index in [1.54, 1.807) is 11.8 Å². The fraction of sp³-hybridized carbons (Fsp3) is 0.867. The first-order valence-corrected chi connectivity index (χ1v) is 7.82. The molecule has 0 bridgehead atoms. The van der Waals surface area contributed by atoms with Gasteiger partial charge < -0.3 is 20.4 Å². The smallest absolute Gasteiger partial charge is 0.222 e. The molecule has 1 saturated heterocycles. The molecule has 3 N–H and O–H groups in total. The van der Waals surface area contributed by atoms with Crippen LogP contribution in [-0.2, 0) is 9.59 Å². The van der Waals surface area contributed by atoms with Gasteiger partial charge in [-0.25, -0.2) is 0 Å². The molecule has 1 atom stereocenters. The maximum absolute atomic E-state index is 11.8. The fourth-order valence-electron chi connectivity index (χ4n) is 2.44. The summed E-state index contributed by atoms with van der Waals surface area (Å²) < 4.78 is 0. The normalized spacial score (nSPS) is 19.0. The lowest BCUT2D eigenvalue weighted by Gasteiger charge is -2.24.